The number of carboxylic acids is 1. The zero-order valence-electron chi connectivity index (χ0n) is 11.7. The molecule has 0 spiro atoms. The fraction of sp³-hybridized carbons (Fsp3) is 0.467. The molecule has 1 fully saturated rings. The van der Waals surface area contributed by atoms with Crippen LogP contribution in [0.25, 0.3) is 0 Å². The topological polar surface area (TPSA) is 66.8 Å². The molecule has 1 amide bonds. The lowest BCUT2D eigenvalue weighted by Crippen LogP contribution is -2.35. The molecule has 114 valence electrons. The van der Waals surface area contributed by atoms with E-state index in [4.69, 9.17) is 21.4 Å². The fourth-order valence-corrected chi connectivity index (χ4v) is 2.52. The number of rotatable bonds is 4. The second-order valence-electron chi connectivity index (χ2n) is 5.03. The van der Waals surface area contributed by atoms with Gasteiger partial charge in [0.1, 0.15) is 11.3 Å². The van der Waals surface area contributed by atoms with Crippen molar-refractivity contribution in [2.45, 2.75) is 25.7 Å². The van der Waals surface area contributed by atoms with Crippen LogP contribution in [0.15, 0.2) is 18.2 Å². The second kappa shape index (κ2) is 7.31. The molecule has 21 heavy (non-hydrogen) atoms. The number of aromatic carboxylic acids is 1. The molecule has 1 saturated heterocycles. The van der Waals surface area contributed by atoms with E-state index in [0.717, 1.165) is 38.8 Å². The third-order valence-electron chi connectivity index (χ3n) is 3.48. The van der Waals surface area contributed by atoms with E-state index in [1.165, 1.54) is 12.1 Å². The quantitative estimate of drug-likeness (QED) is 0.928. The number of carboxylic acid groups (broad SMARTS) is 1. The van der Waals surface area contributed by atoms with Crippen molar-refractivity contribution in [3.63, 3.8) is 0 Å². The van der Waals surface area contributed by atoms with Gasteiger partial charge in [0.05, 0.1) is 0 Å². The van der Waals surface area contributed by atoms with Gasteiger partial charge in [0, 0.05) is 18.1 Å². The van der Waals surface area contributed by atoms with Crippen molar-refractivity contribution in [1.82, 2.24) is 4.90 Å². The molecule has 6 heteroatoms. The monoisotopic (exact) mass is 311 g/mol. The van der Waals surface area contributed by atoms with Crippen LogP contribution in [0, 0.1) is 0 Å². The number of benzene rings is 1. The number of nitrogens with zero attached hydrogens (tertiary/aromatic N) is 1. The number of carbonyl (C=O) groups excluding carboxylic acids is 1. The molecule has 1 N–H and O–H groups in total. The van der Waals surface area contributed by atoms with Gasteiger partial charge in [-0.15, -0.1) is 0 Å². The van der Waals surface area contributed by atoms with Crippen LogP contribution >= 0.6 is 11.6 Å². The van der Waals surface area contributed by atoms with Crippen molar-refractivity contribution in [3.8, 4) is 5.75 Å². The van der Waals surface area contributed by atoms with E-state index in [1.807, 2.05) is 0 Å². The highest BCUT2D eigenvalue weighted by Gasteiger charge is 2.18. The maximum Gasteiger partial charge on any atom is 0.339 e. The molecule has 1 aliphatic heterocycles. The minimum absolute atomic E-state index is 0.0360. The zero-order valence-corrected chi connectivity index (χ0v) is 12.4. The summed E-state index contributed by atoms with van der Waals surface area (Å²) in [6.45, 7) is 1.34. The van der Waals surface area contributed by atoms with Gasteiger partial charge in [0.15, 0.2) is 6.61 Å². The van der Waals surface area contributed by atoms with Crippen molar-refractivity contribution in [2.75, 3.05) is 19.7 Å². The van der Waals surface area contributed by atoms with Crippen LogP contribution in [-0.2, 0) is 4.79 Å². The molecule has 0 bridgehead atoms. The molecule has 2 rings (SSSR count). The average molecular weight is 312 g/mol. The Bertz CT molecular complexity index is 524. The largest absolute Gasteiger partial charge is 0.483 e. The van der Waals surface area contributed by atoms with Crippen LogP contribution in [-0.4, -0.2) is 41.6 Å². The number of ether oxygens (including phenoxy) is 1. The zero-order chi connectivity index (χ0) is 15.2. The Hall–Kier alpha value is -1.75. The van der Waals surface area contributed by atoms with E-state index < -0.39 is 5.97 Å². The molecule has 0 aliphatic carbocycles. The number of hydrogen-bond donors (Lipinski definition) is 1. The SMILES string of the molecule is O=C(O)c1cc(Cl)ccc1OCC(=O)N1CCCCCC1. The van der Waals surface area contributed by atoms with Gasteiger partial charge in [-0.25, -0.2) is 4.79 Å². The Kier molecular flexibility index (Phi) is 5.44. The number of likely N-dealkylation sites (tertiary alicyclic amines) is 1. The van der Waals surface area contributed by atoms with E-state index in [1.54, 1.807) is 11.0 Å². The third-order valence-corrected chi connectivity index (χ3v) is 3.72. The van der Waals surface area contributed by atoms with Crippen LogP contribution < -0.4 is 4.74 Å². The maximum atomic E-state index is 12.1. The molecular formula is C15H18ClNO4. The highest BCUT2D eigenvalue weighted by molar-refractivity contribution is 6.31. The van der Waals surface area contributed by atoms with E-state index >= 15 is 0 Å². The van der Waals surface area contributed by atoms with E-state index in [2.05, 4.69) is 0 Å². The van der Waals surface area contributed by atoms with Crippen molar-refractivity contribution in [3.05, 3.63) is 28.8 Å². The van der Waals surface area contributed by atoms with Gasteiger partial charge in [-0.05, 0) is 31.0 Å². The maximum absolute atomic E-state index is 12.1. The molecule has 0 aromatic heterocycles. The molecule has 0 radical (unpaired) electrons. The standard InChI is InChI=1S/C15H18ClNO4/c16-11-5-6-13(12(9-11)15(19)20)21-10-14(18)17-7-3-1-2-4-8-17/h5-6,9H,1-4,7-8,10H2,(H,19,20). The van der Waals surface area contributed by atoms with Crippen LogP contribution in [0.4, 0.5) is 0 Å². The van der Waals surface area contributed by atoms with Crippen LogP contribution in [0.3, 0.4) is 0 Å². The minimum atomic E-state index is -1.13. The molecule has 1 aromatic rings. The number of hydrogen-bond acceptors (Lipinski definition) is 3. The van der Waals surface area contributed by atoms with Crippen molar-refractivity contribution < 1.29 is 19.4 Å². The van der Waals surface area contributed by atoms with Gasteiger partial charge in [0.2, 0.25) is 0 Å². The van der Waals surface area contributed by atoms with Crippen LogP contribution in [0.5, 0.6) is 5.75 Å². The summed E-state index contributed by atoms with van der Waals surface area (Å²) in [6.07, 6.45) is 4.30. The van der Waals surface area contributed by atoms with Crippen LogP contribution in [0.1, 0.15) is 36.0 Å². The Morgan fingerprint density at radius 1 is 1.19 bits per heavy atom. The molecule has 1 aromatic carbocycles. The molecule has 1 aliphatic rings. The second-order valence-corrected chi connectivity index (χ2v) is 5.47. The Morgan fingerprint density at radius 2 is 1.86 bits per heavy atom. The summed E-state index contributed by atoms with van der Waals surface area (Å²) < 4.78 is 5.38. The van der Waals surface area contributed by atoms with Gasteiger partial charge in [0.25, 0.3) is 5.91 Å². The average Bonchev–Trinajstić information content (AvgIpc) is 2.74. The van der Waals surface area contributed by atoms with Gasteiger partial charge in [-0.1, -0.05) is 24.4 Å². The van der Waals surface area contributed by atoms with Crippen LogP contribution in [0.2, 0.25) is 5.02 Å². The predicted octanol–water partition coefficient (Wildman–Crippen LogP) is 2.82. The highest BCUT2D eigenvalue weighted by Crippen LogP contribution is 2.23. The first kappa shape index (κ1) is 15.6. The first-order valence-corrected chi connectivity index (χ1v) is 7.39. The minimum Gasteiger partial charge on any atom is -0.483 e. The van der Waals surface area contributed by atoms with E-state index in [0.29, 0.717) is 5.02 Å². The Labute approximate surface area is 128 Å². The molecule has 0 unspecified atom stereocenters. The van der Waals surface area contributed by atoms with E-state index in [-0.39, 0.29) is 23.8 Å². The summed E-state index contributed by atoms with van der Waals surface area (Å²) in [7, 11) is 0. The van der Waals surface area contributed by atoms with Gasteiger partial charge in [-0.3, -0.25) is 4.79 Å². The Balaban J connectivity index is 1.99. The number of amides is 1. The van der Waals surface area contributed by atoms with Crippen molar-refractivity contribution >= 4 is 23.5 Å². The van der Waals surface area contributed by atoms with Gasteiger partial charge < -0.3 is 14.7 Å². The summed E-state index contributed by atoms with van der Waals surface area (Å²) >= 11 is 5.77. The third kappa shape index (κ3) is 4.36. The van der Waals surface area contributed by atoms with Crippen molar-refractivity contribution in [1.29, 1.82) is 0 Å². The summed E-state index contributed by atoms with van der Waals surface area (Å²) in [5.41, 5.74) is -0.0360. The summed E-state index contributed by atoms with van der Waals surface area (Å²) in [5.74, 6) is -1.08. The normalized spacial score (nSPS) is 15.4. The Morgan fingerprint density at radius 3 is 2.48 bits per heavy atom. The van der Waals surface area contributed by atoms with Gasteiger partial charge >= 0.3 is 5.97 Å². The highest BCUT2D eigenvalue weighted by atomic mass is 35.5. The van der Waals surface area contributed by atoms with Gasteiger partial charge in [-0.2, -0.15) is 0 Å². The summed E-state index contributed by atoms with van der Waals surface area (Å²) in [4.78, 5) is 25.0. The van der Waals surface area contributed by atoms with Crippen molar-refractivity contribution in [2.24, 2.45) is 0 Å². The molecule has 5 nitrogen and oxygen atoms in total. The molecule has 0 atom stereocenters. The smallest absolute Gasteiger partial charge is 0.339 e. The first-order valence-electron chi connectivity index (χ1n) is 7.01. The lowest BCUT2D eigenvalue weighted by atomic mass is 10.2. The first-order chi connectivity index (χ1) is 10.1. The number of halogens is 1. The summed E-state index contributed by atoms with van der Waals surface area (Å²) in [6, 6.07) is 4.33. The number of carbonyl (C=O) groups is 2. The fourth-order valence-electron chi connectivity index (χ4n) is 2.35. The van der Waals surface area contributed by atoms with E-state index in [9.17, 15) is 9.59 Å². The lowest BCUT2D eigenvalue weighted by molar-refractivity contribution is -0.133. The summed E-state index contributed by atoms with van der Waals surface area (Å²) in [5, 5.41) is 9.43. The molecular weight excluding hydrogens is 294 g/mol. The molecule has 0 saturated carbocycles. The molecule has 1 heterocycles. The predicted molar refractivity (Wildman–Crippen MR) is 79.0 cm³/mol. The lowest BCUT2D eigenvalue weighted by Gasteiger charge is -2.20.